The Morgan fingerprint density at radius 1 is 1.05 bits per heavy atom. The van der Waals surface area contributed by atoms with Crippen molar-refractivity contribution in [2.45, 2.75) is 19.4 Å². The van der Waals surface area contributed by atoms with Crippen molar-refractivity contribution in [3.05, 3.63) is 111 Å². The number of nitro benzene ring substituents is 1. The van der Waals surface area contributed by atoms with Crippen LogP contribution in [0.1, 0.15) is 30.5 Å². The molecule has 1 heterocycles. The quantitative estimate of drug-likeness (QED) is 0.136. The molecule has 1 unspecified atom stereocenters. The maximum atomic E-state index is 13.2. The maximum absolute atomic E-state index is 13.2. The van der Waals surface area contributed by atoms with Gasteiger partial charge in [-0.05, 0) is 48.4 Å². The summed E-state index contributed by atoms with van der Waals surface area (Å²) in [7, 11) is 0. The van der Waals surface area contributed by atoms with Crippen LogP contribution in [0.3, 0.4) is 0 Å². The third kappa shape index (κ3) is 7.56. The number of carbonyl (C=O) groups excluding carboxylic acids is 2. The van der Waals surface area contributed by atoms with Crippen LogP contribution in [0, 0.1) is 10.1 Å². The molecular formula is C28H24ClN5O4S. The Morgan fingerprint density at radius 3 is 2.41 bits per heavy atom. The fourth-order valence-corrected chi connectivity index (χ4v) is 4.65. The largest absolute Gasteiger partial charge is 0.332 e. The molecule has 9 nitrogen and oxygen atoms in total. The first-order chi connectivity index (χ1) is 18.8. The molecule has 3 aromatic carbocycles. The van der Waals surface area contributed by atoms with E-state index in [1.165, 1.54) is 29.5 Å². The van der Waals surface area contributed by atoms with E-state index in [9.17, 15) is 19.7 Å². The Hall–Kier alpha value is -4.41. The van der Waals surface area contributed by atoms with E-state index in [0.29, 0.717) is 20.7 Å². The molecule has 2 amide bonds. The molecule has 4 rings (SSSR count). The molecule has 0 radical (unpaired) electrons. The summed E-state index contributed by atoms with van der Waals surface area (Å²) in [5, 5.41) is 23.4. The minimum atomic E-state index is -0.479. The van der Waals surface area contributed by atoms with Crippen LogP contribution in [0.4, 0.5) is 10.8 Å². The summed E-state index contributed by atoms with van der Waals surface area (Å²) < 4.78 is 0. The van der Waals surface area contributed by atoms with Crippen LogP contribution in [-0.4, -0.2) is 38.4 Å². The molecule has 0 spiro atoms. The zero-order valence-corrected chi connectivity index (χ0v) is 22.4. The molecule has 1 atom stereocenters. The van der Waals surface area contributed by atoms with Crippen LogP contribution in [0.5, 0.6) is 0 Å². The first kappa shape index (κ1) is 27.6. The van der Waals surface area contributed by atoms with E-state index in [4.69, 9.17) is 11.6 Å². The number of benzene rings is 3. The Bertz CT molecular complexity index is 1470. The Kier molecular flexibility index (Phi) is 9.14. The number of nitrogens with one attached hydrogen (secondary N) is 1. The lowest BCUT2D eigenvalue weighted by Crippen LogP contribution is -2.35. The van der Waals surface area contributed by atoms with Crippen LogP contribution in [0.2, 0.25) is 5.02 Å². The molecule has 0 aliphatic carbocycles. The number of amides is 2. The first-order valence-corrected chi connectivity index (χ1v) is 13.2. The van der Waals surface area contributed by atoms with E-state index in [-0.39, 0.29) is 36.5 Å². The van der Waals surface area contributed by atoms with Crippen LogP contribution in [0.25, 0.3) is 16.6 Å². The van der Waals surface area contributed by atoms with Crippen molar-refractivity contribution in [2.75, 3.05) is 11.9 Å². The van der Waals surface area contributed by atoms with Gasteiger partial charge in [0.25, 0.3) is 5.69 Å². The van der Waals surface area contributed by atoms with E-state index in [0.717, 1.165) is 11.1 Å². The number of carbonyl (C=O) groups is 2. The minimum absolute atomic E-state index is 0.0282. The van der Waals surface area contributed by atoms with Crippen molar-refractivity contribution in [1.29, 1.82) is 0 Å². The van der Waals surface area contributed by atoms with Gasteiger partial charge in [-0.1, -0.05) is 65.4 Å². The van der Waals surface area contributed by atoms with Gasteiger partial charge in [0, 0.05) is 41.8 Å². The molecule has 0 aliphatic heterocycles. The molecule has 198 valence electrons. The number of non-ortho nitro benzene ring substituents is 1. The van der Waals surface area contributed by atoms with E-state index < -0.39 is 4.92 Å². The number of anilines is 1. The van der Waals surface area contributed by atoms with Crippen molar-refractivity contribution >= 4 is 51.6 Å². The van der Waals surface area contributed by atoms with E-state index in [1.54, 1.807) is 35.2 Å². The SMILES string of the molecule is CC(c1ccccc1)N(CCC(=O)Nc1nnc(-c2ccc(Cl)cc2)s1)C(=O)/C=C/c1ccc([N+](=O)[O-])cc1. The van der Waals surface area contributed by atoms with Crippen molar-refractivity contribution in [3.8, 4) is 10.6 Å². The summed E-state index contributed by atoms with van der Waals surface area (Å²) in [6.45, 7) is 2.06. The number of nitro groups is 1. The number of hydrogen-bond acceptors (Lipinski definition) is 7. The summed E-state index contributed by atoms with van der Waals surface area (Å²) in [5.41, 5.74) is 2.38. The molecule has 39 heavy (non-hydrogen) atoms. The number of halogens is 1. The summed E-state index contributed by atoms with van der Waals surface area (Å²) in [6.07, 6.45) is 3.04. The normalized spacial score (nSPS) is 11.7. The second kappa shape index (κ2) is 12.9. The summed E-state index contributed by atoms with van der Waals surface area (Å²) in [6, 6.07) is 22.3. The predicted molar refractivity (Wildman–Crippen MR) is 152 cm³/mol. The highest BCUT2D eigenvalue weighted by atomic mass is 35.5. The third-order valence-corrected chi connectivity index (χ3v) is 7.04. The van der Waals surface area contributed by atoms with Crippen LogP contribution >= 0.6 is 22.9 Å². The van der Waals surface area contributed by atoms with Crippen LogP contribution in [0.15, 0.2) is 84.9 Å². The smallest absolute Gasteiger partial charge is 0.269 e. The molecule has 0 saturated heterocycles. The lowest BCUT2D eigenvalue weighted by molar-refractivity contribution is -0.384. The average Bonchev–Trinajstić information content (AvgIpc) is 3.41. The van der Waals surface area contributed by atoms with Gasteiger partial charge < -0.3 is 10.2 Å². The second-order valence-corrected chi connectivity index (χ2v) is 9.93. The molecular weight excluding hydrogens is 538 g/mol. The average molecular weight is 562 g/mol. The second-order valence-electron chi connectivity index (χ2n) is 8.52. The summed E-state index contributed by atoms with van der Waals surface area (Å²) in [4.78, 5) is 38.0. The van der Waals surface area contributed by atoms with Crippen molar-refractivity contribution in [3.63, 3.8) is 0 Å². The van der Waals surface area contributed by atoms with Gasteiger partial charge >= 0.3 is 0 Å². The molecule has 1 aromatic heterocycles. The lowest BCUT2D eigenvalue weighted by Gasteiger charge is -2.28. The summed E-state index contributed by atoms with van der Waals surface area (Å²) in [5.74, 6) is -0.593. The van der Waals surface area contributed by atoms with Crippen molar-refractivity contribution in [2.24, 2.45) is 0 Å². The zero-order valence-electron chi connectivity index (χ0n) is 20.9. The molecule has 4 aromatic rings. The van der Waals surface area contributed by atoms with E-state index in [2.05, 4.69) is 15.5 Å². The van der Waals surface area contributed by atoms with Gasteiger partial charge in [-0.2, -0.15) is 0 Å². The number of aromatic nitrogens is 2. The molecule has 0 aliphatic rings. The van der Waals surface area contributed by atoms with Crippen LogP contribution < -0.4 is 5.32 Å². The number of rotatable bonds is 10. The molecule has 0 bridgehead atoms. The minimum Gasteiger partial charge on any atom is -0.332 e. The van der Waals surface area contributed by atoms with Gasteiger partial charge in [0.2, 0.25) is 16.9 Å². The van der Waals surface area contributed by atoms with Gasteiger partial charge in [-0.3, -0.25) is 19.7 Å². The fourth-order valence-electron chi connectivity index (χ4n) is 3.76. The third-order valence-electron chi connectivity index (χ3n) is 5.90. The van der Waals surface area contributed by atoms with E-state index in [1.807, 2.05) is 49.4 Å². The topological polar surface area (TPSA) is 118 Å². The van der Waals surface area contributed by atoms with Gasteiger partial charge in [0.1, 0.15) is 5.01 Å². The van der Waals surface area contributed by atoms with Gasteiger partial charge in [-0.15, -0.1) is 10.2 Å². The fraction of sp³-hybridized carbons (Fsp3) is 0.143. The Labute approximate surface area is 233 Å². The lowest BCUT2D eigenvalue weighted by atomic mass is 10.1. The highest BCUT2D eigenvalue weighted by Gasteiger charge is 2.21. The highest BCUT2D eigenvalue weighted by Crippen LogP contribution is 2.27. The van der Waals surface area contributed by atoms with Crippen molar-refractivity contribution in [1.82, 2.24) is 15.1 Å². The van der Waals surface area contributed by atoms with E-state index >= 15 is 0 Å². The van der Waals surface area contributed by atoms with Crippen molar-refractivity contribution < 1.29 is 14.5 Å². The number of nitrogens with zero attached hydrogens (tertiary/aromatic N) is 4. The monoisotopic (exact) mass is 561 g/mol. The summed E-state index contributed by atoms with van der Waals surface area (Å²) >= 11 is 7.18. The maximum Gasteiger partial charge on any atom is 0.269 e. The standard InChI is InChI=1S/C28H24ClN5O4S/c1-19(21-5-3-2-4-6-21)33(26(36)16-9-20-7-14-24(15-8-20)34(37)38)18-17-25(35)30-28-32-31-27(39-28)22-10-12-23(29)13-11-22/h2-16,19H,17-18H2,1H3,(H,30,32,35)/b16-9+. The van der Waals surface area contributed by atoms with Gasteiger partial charge in [0.15, 0.2) is 0 Å². The molecule has 0 fully saturated rings. The predicted octanol–water partition coefficient (Wildman–Crippen LogP) is 6.40. The van der Waals surface area contributed by atoms with Crippen LogP contribution in [-0.2, 0) is 9.59 Å². The zero-order chi connectivity index (χ0) is 27.8. The molecule has 0 saturated carbocycles. The van der Waals surface area contributed by atoms with Gasteiger partial charge in [0.05, 0.1) is 11.0 Å². The highest BCUT2D eigenvalue weighted by molar-refractivity contribution is 7.18. The molecule has 1 N–H and O–H groups in total. The van der Waals surface area contributed by atoms with Gasteiger partial charge in [-0.25, -0.2) is 0 Å². The Balaban J connectivity index is 1.43. The molecule has 11 heteroatoms. The first-order valence-electron chi connectivity index (χ1n) is 12.0. The Morgan fingerprint density at radius 2 is 1.74 bits per heavy atom. The number of hydrogen-bond donors (Lipinski definition) is 1.